The second kappa shape index (κ2) is 10.8. The number of carbonyl (C=O) groups excluding carboxylic acids is 1. The molecule has 1 amide bonds. The van der Waals surface area contributed by atoms with Crippen LogP contribution in [0.1, 0.15) is 49.8 Å². The van der Waals surface area contributed by atoms with Gasteiger partial charge in [-0.3, -0.25) is 4.79 Å². The first-order chi connectivity index (χ1) is 14.8. The fourth-order valence-electron chi connectivity index (χ4n) is 4.06. The van der Waals surface area contributed by atoms with Gasteiger partial charge in [-0.15, -0.1) is 0 Å². The predicted molar refractivity (Wildman–Crippen MR) is 122 cm³/mol. The second-order valence-corrected chi connectivity index (χ2v) is 9.08. The molecule has 5 heteroatoms. The van der Waals surface area contributed by atoms with E-state index in [-0.39, 0.29) is 17.8 Å². The molecule has 0 aliphatic carbocycles. The highest BCUT2D eigenvalue weighted by atomic mass is 19.1. The average molecular weight is 427 g/mol. The van der Waals surface area contributed by atoms with Crippen molar-refractivity contribution >= 4 is 5.91 Å². The number of benzene rings is 2. The number of aryl methyl sites for hydroxylation is 1. The molecular weight excluding hydrogens is 391 g/mol. The van der Waals surface area contributed by atoms with Crippen LogP contribution in [0.3, 0.4) is 0 Å². The summed E-state index contributed by atoms with van der Waals surface area (Å²) in [5.74, 6) is 1.12. The maximum atomic E-state index is 13.9. The number of nitrogens with zero attached hydrogens (tertiary/aromatic N) is 2. The summed E-state index contributed by atoms with van der Waals surface area (Å²) in [6.07, 6.45) is 2.78. The van der Waals surface area contributed by atoms with E-state index in [1.807, 2.05) is 49.9 Å². The van der Waals surface area contributed by atoms with Gasteiger partial charge in [0, 0.05) is 19.5 Å². The summed E-state index contributed by atoms with van der Waals surface area (Å²) in [4.78, 5) is 17.5. The summed E-state index contributed by atoms with van der Waals surface area (Å²) in [5.41, 5.74) is 2.90. The van der Waals surface area contributed by atoms with Crippen molar-refractivity contribution in [1.29, 1.82) is 0 Å². The highest BCUT2D eigenvalue weighted by Gasteiger charge is 2.23. The van der Waals surface area contributed by atoms with E-state index in [4.69, 9.17) is 4.74 Å². The highest BCUT2D eigenvalue weighted by Crippen LogP contribution is 2.23. The highest BCUT2D eigenvalue weighted by molar-refractivity contribution is 5.76. The van der Waals surface area contributed by atoms with Gasteiger partial charge in [-0.25, -0.2) is 4.39 Å². The fourth-order valence-corrected chi connectivity index (χ4v) is 4.06. The van der Waals surface area contributed by atoms with Gasteiger partial charge >= 0.3 is 0 Å². The van der Waals surface area contributed by atoms with E-state index in [0.717, 1.165) is 48.4 Å². The van der Waals surface area contributed by atoms with Crippen molar-refractivity contribution < 1.29 is 13.9 Å². The van der Waals surface area contributed by atoms with Gasteiger partial charge in [-0.1, -0.05) is 18.2 Å². The van der Waals surface area contributed by atoms with E-state index in [0.29, 0.717) is 25.4 Å². The van der Waals surface area contributed by atoms with Gasteiger partial charge < -0.3 is 14.5 Å². The van der Waals surface area contributed by atoms with E-state index in [2.05, 4.69) is 11.9 Å². The van der Waals surface area contributed by atoms with Crippen LogP contribution in [0.2, 0.25) is 0 Å². The maximum absolute atomic E-state index is 13.9. The van der Waals surface area contributed by atoms with Crippen molar-refractivity contribution in [3.63, 3.8) is 0 Å². The molecule has 0 bridgehead atoms. The Morgan fingerprint density at radius 2 is 1.81 bits per heavy atom. The molecule has 168 valence electrons. The number of amides is 1. The second-order valence-electron chi connectivity index (χ2n) is 9.08. The smallest absolute Gasteiger partial charge is 0.223 e. The SMILES string of the molecule is Cc1ccc(F)cc1CN(Cc1ccc(OC(C)C)cc1)C(=O)CC1CCN(C)CC1. The molecule has 0 atom stereocenters. The van der Waals surface area contributed by atoms with Gasteiger partial charge in [0.25, 0.3) is 0 Å². The van der Waals surface area contributed by atoms with Crippen molar-refractivity contribution in [2.24, 2.45) is 5.92 Å². The zero-order valence-corrected chi connectivity index (χ0v) is 19.2. The van der Waals surface area contributed by atoms with Crippen molar-refractivity contribution in [3.8, 4) is 5.75 Å². The van der Waals surface area contributed by atoms with Gasteiger partial charge in [-0.2, -0.15) is 0 Å². The number of hydrogen-bond acceptors (Lipinski definition) is 3. The molecular formula is C26H35FN2O2. The molecule has 2 aromatic carbocycles. The molecule has 1 aliphatic heterocycles. The standard InChI is InChI=1S/C26H35FN2O2/c1-19(2)31-25-9-6-22(7-10-25)17-29(18-23-16-24(27)8-5-20(23)3)26(30)15-21-11-13-28(4)14-12-21/h5-10,16,19,21H,11-15,17-18H2,1-4H3. The van der Waals surface area contributed by atoms with Crippen LogP contribution in [0.15, 0.2) is 42.5 Å². The van der Waals surface area contributed by atoms with Crippen molar-refractivity contribution in [2.45, 2.75) is 59.2 Å². The molecule has 0 unspecified atom stereocenters. The van der Waals surface area contributed by atoms with Crippen LogP contribution in [0, 0.1) is 18.7 Å². The van der Waals surface area contributed by atoms with Crippen LogP contribution in [-0.2, 0) is 17.9 Å². The van der Waals surface area contributed by atoms with Crippen LogP contribution in [-0.4, -0.2) is 41.9 Å². The topological polar surface area (TPSA) is 32.8 Å². The summed E-state index contributed by atoms with van der Waals surface area (Å²) in [6.45, 7) is 8.96. The summed E-state index contributed by atoms with van der Waals surface area (Å²) in [5, 5.41) is 0. The molecule has 1 saturated heterocycles. The Morgan fingerprint density at radius 1 is 1.13 bits per heavy atom. The third-order valence-corrected chi connectivity index (χ3v) is 6.00. The number of halogens is 1. The zero-order valence-electron chi connectivity index (χ0n) is 19.2. The first-order valence-corrected chi connectivity index (χ1v) is 11.3. The lowest BCUT2D eigenvalue weighted by Crippen LogP contribution is -2.35. The minimum atomic E-state index is -0.265. The van der Waals surface area contributed by atoms with E-state index in [1.165, 1.54) is 6.07 Å². The van der Waals surface area contributed by atoms with E-state index < -0.39 is 0 Å². The zero-order chi connectivity index (χ0) is 22.4. The van der Waals surface area contributed by atoms with Crippen LogP contribution in [0.25, 0.3) is 0 Å². The van der Waals surface area contributed by atoms with Crippen molar-refractivity contribution in [2.75, 3.05) is 20.1 Å². The van der Waals surface area contributed by atoms with Crippen molar-refractivity contribution in [3.05, 3.63) is 65.0 Å². The molecule has 1 aliphatic rings. The normalized spacial score (nSPS) is 15.3. The third-order valence-electron chi connectivity index (χ3n) is 6.00. The Morgan fingerprint density at radius 3 is 2.45 bits per heavy atom. The lowest BCUT2D eigenvalue weighted by atomic mass is 9.93. The average Bonchev–Trinajstić information content (AvgIpc) is 2.72. The van der Waals surface area contributed by atoms with Gasteiger partial charge in [0.2, 0.25) is 5.91 Å². The number of rotatable bonds is 8. The minimum absolute atomic E-state index is 0.120. The van der Waals surface area contributed by atoms with Crippen LogP contribution in [0.4, 0.5) is 4.39 Å². The monoisotopic (exact) mass is 426 g/mol. The Hall–Kier alpha value is -2.40. The minimum Gasteiger partial charge on any atom is -0.491 e. The lowest BCUT2D eigenvalue weighted by Gasteiger charge is -2.31. The quantitative estimate of drug-likeness (QED) is 0.583. The molecule has 0 spiro atoms. The van der Waals surface area contributed by atoms with E-state index in [9.17, 15) is 9.18 Å². The van der Waals surface area contributed by atoms with Crippen LogP contribution < -0.4 is 4.74 Å². The lowest BCUT2D eigenvalue weighted by molar-refractivity contribution is -0.133. The molecule has 1 fully saturated rings. The van der Waals surface area contributed by atoms with Crippen LogP contribution in [0.5, 0.6) is 5.75 Å². The van der Waals surface area contributed by atoms with Gasteiger partial charge in [-0.05, 0) is 101 Å². The molecule has 0 saturated carbocycles. The van der Waals surface area contributed by atoms with Gasteiger partial charge in [0.05, 0.1) is 6.10 Å². The summed E-state index contributed by atoms with van der Waals surface area (Å²) in [6, 6.07) is 12.7. The third kappa shape index (κ3) is 7.06. The number of ether oxygens (including phenoxy) is 1. The van der Waals surface area contributed by atoms with E-state index >= 15 is 0 Å². The molecule has 2 aromatic rings. The molecule has 4 nitrogen and oxygen atoms in total. The fraction of sp³-hybridized carbons (Fsp3) is 0.500. The first kappa shape index (κ1) is 23.3. The van der Waals surface area contributed by atoms with E-state index in [1.54, 1.807) is 12.1 Å². The number of hydrogen-bond donors (Lipinski definition) is 0. The first-order valence-electron chi connectivity index (χ1n) is 11.3. The largest absolute Gasteiger partial charge is 0.491 e. The van der Waals surface area contributed by atoms with Gasteiger partial charge in [0.1, 0.15) is 11.6 Å². The van der Waals surface area contributed by atoms with Crippen LogP contribution >= 0.6 is 0 Å². The number of carbonyl (C=O) groups is 1. The Kier molecular flexibility index (Phi) is 8.08. The molecule has 0 aromatic heterocycles. The molecule has 0 radical (unpaired) electrons. The summed E-state index contributed by atoms with van der Waals surface area (Å²) >= 11 is 0. The maximum Gasteiger partial charge on any atom is 0.223 e. The van der Waals surface area contributed by atoms with Crippen molar-refractivity contribution in [1.82, 2.24) is 9.80 Å². The molecule has 0 N–H and O–H groups in total. The molecule has 31 heavy (non-hydrogen) atoms. The summed E-state index contributed by atoms with van der Waals surface area (Å²) in [7, 11) is 2.13. The Balaban J connectivity index is 1.74. The Labute approximate surface area is 186 Å². The molecule has 1 heterocycles. The number of likely N-dealkylation sites (tertiary alicyclic amines) is 1. The summed E-state index contributed by atoms with van der Waals surface area (Å²) < 4.78 is 19.6. The predicted octanol–water partition coefficient (Wildman–Crippen LogP) is 5.18. The van der Waals surface area contributed by atoms with Gasteiger partial charge in [0.15, 0.2) is 0 Å². The Bertz CT molecular complexity index is 858. The molecule has 3 rings (SSSR count). The number of piperidine rings is 1.